The van der Waals surface area contributed by atoms with Gasteiger partial charge in [0.15, 0.2) is 11.6 Å². The first-order chi connectivity index (χ1) is 12.0. The fourth-order valence-corrected chi connectivity index (χ4v) is 3.85. The number of benzene rings is 1. The second-order valence-corrected chi connectivity index (χ2v) is 7.27. The standard InChI is InChI=1S/C16H23N3O5S/c1-2-23-12-9-6-10-13-14(12)15(19-25(21,22)24-13)18-16(20)17-11-7-4-3-5-8-11/h6,9-11,21-22H,2-5,7-8H2,1H3,(H2,17,18,19,20). The first kappa shape index (κ1) is 17.8. The van der Waals surface area contributed by atoms with E-state index in [9.17, 15) is 13.9 Å². The number of carbonyl (C=O) groups is 1. The highest BCUT2D eigenvalue weighted by molar-refractivity contribution is 8.19. The van der Waals surface area contributed by atoms with E-state index < -0.39 is 17.1 Å². The Balaban J connectivity index is 1.81. The van der Waals surface area contributed by atoms with Gasteiger partial charge in [-0.3, -0.25) is 14.4 Å². The maximum Gasteiger partial charge on any atom is 0.320 e. The van der Waals surface area contributed by atoms with Crippen molar-refractivity contribution in [3.63, 3.8) is 0 Å². The molecular formula is C16H23N3O5S. The van der Waals surface area contributed by atoms with Gasteiger partial charge >= 0.3 is 6.03 Å². The van der Waals surface area contributed by atoms with Gasteiger partial charge in [-0.2, -0.15) is 0 Å². The summed E-state index contributed by atoms with van der Waals surface area (Å²) in [6, 6.07) is 4.64. The summed E-state index contributed by atoms with van der Waals surface area (Å²) in [5.74, 6) is 0.680. The number of amidine groups is 1. The Bertz CT molecular complexity index is 674. The molecule has 1 fully saturated rings. The molecule has 0 saturated heterocycles. The Morgan fingerprint density at radius 3 is 2.84 bits per heavy atom. The quantitative estimate of drug-likeness (QED) is 0.652. The fourth-order valence-electron chi connectivity index (χ4n) is 3.05. The van der Waals surface area contributed by atoms with Gasteiger partial charge in [0.2, 0.25) is 0 Å². The minimum absolute atomic E-state index is 0.0265. The largest absolute Gasteiger partial charge is 0.493 e. The third-order valence-corrected chi connectivity index (χ3v) is 4.93. The van der Waals surface area contributed by atoms with Gasteiger partial charge in [0.05, 0.1) is 6.61 Å². The Morgan fingerprint density at radius 1 is 1.36 bits per heavy atom. The molecule has 0 bridgehead atoms. The van der Waals surface area contributed by atoms with Crippen LogP contribution in [0.1, 0.15) is 44.6 Å². The van der Waals surface area contributed by atoms with Crippen molar-refractivity contribution in [2.75, 3.05) is 6.61 Å². The van der Waals surface area contributed by atoms with E-state index >= 15 is 0 Å². The van der Waals surface area contributed by atoms with Crippen LogP contribution in [0, 0.1) is 0 Å². The number of hydrogen-bond donors (Lipinski definition) is 4. The molecule has 8 nitrogen and oxygen atoms in total. The topological polar surface area (TPSA) is 112 Å². The number of amides is 2. The summed E-state index contributed by atoms with van der Waals surface area (Å²) in [5.41, 5.74) is 0.398. The molecule has 0 atom stereocenters. The van der Waals surface area contributed by atoms with Crippen LogP contribution in [0.5, 0.6) is 11.5 Å². The van der Waals surface area contributed by atoms with Crippen LogP contribution in [0.15, 0.2) is 22.6 Å². The van der Waals surface area contributed by atoms with E-state index in [-0.39, 0.29) is 17.6 Å². The van der Waals surface area contributed by atoms with Gasteiger partial charge in [0, 0.05) is 6.04 Å². The lowest BCUT2D eigenvalue weighted by Crippen LogP contribution is -2.46. The van der Waals surface area contributed by atoms with Crippen LogP contribution in [-0.2, 0) is 0 Å². The van der Waals surface area contributed by atoms with Crippen LogP contribution in [0.25, 0.3) is 0 Å². The molecule has 2 aliphatic rings. The van der Waals surface area contributed by atoms with Crippen LogP contribution in [0.3, 0.4) is 0 Å². The molecule has 0 unspecified atom stereocenters. The van der Waals surface area contributed by atoms with Crippen LogP contribution in [-0.4, -0.2) is 33.6 Å². The second-order valence-electron chi connectivity index (χ2n) is 5.99. The zero-order valence-electron chi connectivity index (χ0n) is 14.0. The average molecular weight is 369 g/mol. The van der Waals surface area contributed by atoms with Crippen LogP contribution < -0.4 is 19.6 Å². The lowest BCUT2D eigenvalue weighted by Gasteiger charge is -2.30. The predicted molar refractivity (Wildman–Crippen MR) is 96.2 cm³/mol. The van der Waals surface area contributed by atoms with Crippen molar-refractivity contribution in [2.24, 2.45) is 4.40 Å². The molecule has 138 valence electrons. The summed E-state index contributed by atoms with van der Waals surface area (Å²) >= 11 is -3.67. The monoisotopic (exact) mass is 369 g/mol. The highest BCUT2D eigenvalue weighted by Crippen LogP contribution is 2.49. The van der Waals surface area contributed by atoms with Gasteiger partial charge in [-0.05, 0) is 31.9 Å². The number of nitrogens with zero attached hydrogens (tertiary/aromatic N) is 1. The summed E-state index contributed by atoms with van der Waals surface area (Å²) < 4.78 is 34.2. The number of ether oxygens (including phenoxy) is 1. The molecule has 1 heterocycles. The van der Waals surface area contributed by atoms with E-state index in [2.05, 4.69) is 15.0 Å². The molecular weight excluding hydrogens is 346 g/mol. The van der Waals surface area contributed by atoms with Crippen LogP contribution in [0.2, 0.25) is 0 Å². The predicted octanol–water partition coefficient (Wildman–Crippen LogP) is 3.44. The van der Waals surface area contributed by atoms with Crippen molar-refractivity contribution in [3.8, 4) is 11.5 Å². The Morgan fingerprint density at radius 2 is 2.12 bits per heavy atom. The van der Waals surface area contributed by atoms with E-state index in [1.54, 1.807) is 18.2 Å². The zero-order chi connectivity index (χ0) is 17.9. The first-order valence-corrected chi connectivity index (χ1v) is 9.82. The molecule has 4 N–H and O–H groups in total. The van der Waals surface area contributed by atoms with E-state index in [1.165, 1.54) is 6.42 Å². The Labute approximate surface area is 148 Å². The SMILES string of the molecule is CCOc1cccc2c1C(NC(=O)NC1CCCCC1)=NS(O)(O)O2. The van der Waals surface area contributed by atoms with Crippen LogP contribution in [0.4, 0.5) is 4.79 Å². The third-order valence-electron chi connectivity index (χ3n) is 4.11. The fraction of sp³-hybridized carbons (Fsp3) is 0.500. The molecule has 1 saturated carbocycles. The third kappa shape index (κ3) is 4.36. The number of rotatable bonds is 3. The highest BCUT2D eigenvalue weighted by Gasteiger charge is 2.32. The number of carbonyl (C=O) groups excluding carboxylic acids is 1. The highest BCUT2D eigenvalue weighted by atomic mass is 32.3. The molecule has 25 heavy (non-hydrogen) atoms. The minimum Gasteiger partial charge on any atom is -0.493 e. The smallest absolute Gasteiger partial charge is 0.320 e. The molecule has 1 aliphatic heterocycles. The Kier molecular flexibility index (Phi) is 5.36. The van der Waals surface area contributed by atoms with E-state index in [4.69, 9.17) is 8.92 Å². The molecule has 0 spiro atoms. The lowest BCUT2D eigenvalue weighted by atomic mass is 9.96. The van der Waals surface area contributed by atoms with Gasteiger partial charge in [0.25, 0.3) is 11.1 Å². The van der Waals surface area contributed by atoms with Crippen molar-refractivity contribution in [1.82, 2.24) is 10.6 Å². The normalized spacial score (nSPS) is 20.5. The lowest BCUT2D eigenvalue weighted by molar-refractivity contribution is 0.237. The summed E-state index contributed by atoms with van der Waals surface area (Å²) in [7, 11) is 0. The molecule has 1 aliphatic carbocycles. The molecule has 1 aromatic carbocycles. The molecule has 2 amide bonds. The zero-order valence-corrected chi connectivity index (χ0v) is 14.8. The summed E-state index contributed by atoms with van der Waals surface area (Å²) in [4.78, 5) is 12.3. The summed E-state index contributed by atoms with van der Waals surface area (Å²) in [5, 5.41) is 5.53. The van der Waals surface area contributed by atoms with Crippen molar-refractivity contribution >= 4 is 22.9 Å². The number of urea groups is 1. The van der Waals surface area contributed by atoms with E-state index in [0.29, 0.717) is 17.9 Å². The molecule has 0 radical (unpaired) electrons. The average Bonchev–Trinajstić information content (AvgIpc) is 2.54. The number of fused-ring (bicyclic) bond motifs is 1. The van der Waals surface area contributed by atoms with Gasteiger partial charge in [-0.15, -0.1) is 4.40 Å². The molecule has 0 aromatic heterocycles. The van der Waals surface area contributed by atoms with E-state index in [1.807, 2.05) is 6.92 Å². The molecule has 3 rings (SSSR count). The Hall–Kier alpha value is -1.97. The van der Waals surface area contributed by atoms with Gasteiger partial charge < -0.3 is 14.2 Å². The van der Waals surface area contributed by atoms with Gasteiger partial charge in [-0.1, -0.05) is 25.3 Å². The van der Waals surface area contributed by atoms with Gasteiger partial charge in [0.1, 0.15) is 11.3 Å². The van der Waals surface area contributed by atoms with Crippen molar-refractivity contribution in [2.45, 2.75) is 45.1 Å². The van der Waals surface area contributed by atoms with Crippen molar-refractivity contribution < 1.29 is 22.8 Å². The van der Waals surface area contributed by atoms with Crippen molar-refractivity contribution in [3.05, 3.63) is 23.8 Å². The number of nitrogens with one attached hydrogen (secondary N) is 2. The van der Waals surface area contributed by atoms with Gasteiger partial charge in [-0.25, -0.2) is 4.79 Å². The van der Waals surface area contributed by atoms with Crippen molar-refractivity contribution in [1.29, 1.82) is 0 Å². The first-order valence-electron chi connectivity index (χ1n) is 8.40. The summed E-state index contributed by atoms with van der Waals surface area (Å²) in [6.07, 6.45) is 5.27. The maximum atomic E-state index is 12.3. The molecule has 9 heteroatoms. The molecule has 1 aromatic rings. The maximum absolute atomic E-state index is 12.3. The van der Waals surface area contributed by atoms with Crippen LogP contribution >= 0.6 is 11.1 Å². The second kappa shape index (κ2) is 7.51. The number of hydrogen-bond acceptors (Lipinski definition) is 6. The van der Waals surface area contributed by atoms with E-state index in [0.717, 1.165) is 25.7 Å². The minimum atomic E-state index is -3.67. The summed E-state index contributed by atoms with van der Waals surface area (Å²) in [6.45, 7) is 2.24.